The third-order valence-corrected chi connectivity index (χ3v) is 2.03. The van der Waals surface area contributed by atoms with Gasteiger partial charge in [-0.05, 0) is 33.4 Å². The van der Waals surface area contributed by atoms with Crippen LogP contribution >= 0.6 is 0 Å². The number of carbonyl (C=O) groups is 1. The van der Waals surface area contributed by atoms with Gasteiger partial charge >= 0.3 is 0 Å². The molecule has 0 aromatic heterocycles. The predicted molar refractivity (Wildman–Crippen MR) is 54.2 cm³/mol. The third kappa shape index (κ3) is 6.54. The molecule has 4 nitrogen and oxygen atoms in total. The Morgan fingerprint density at radius 1 is 1.38 bits per heavy atom. The zero-order chi connectivity index (χ0) is 10.3. The molecule has 4 heteroatoms. The summed E-state index contributed by atoms with van der Waals surface area (Å²) in [5, 5.41) is 0. The molecule has 0 aliphatic heterocycles. The van der Waals surface area contributed by atoms with Gasteiger partial charge in [0.1, 0.15) is 0 Å². The fourth-order valence-corrected chi connectivity index (χ4v) is 1.18. The molecule has 0 saturated carbocycles. The van der Waals surface area contributed by atoms with Gasteiger partial charge in [-0.2, -0.15) is 0 Å². The minimum atomic E-state index is -0.238. The highest BCUT2D eigenvalue weighted by Gasteiger charge is 2.09. The molecule has 0 aromatic carbocycles. The topological polar surface area (TPSA) is 72.3 Å². The van der Waals surface area contributed by atoms with Gasteiger partial charge in [0, 0.05) is 19.0 Å². The summed E-state index contributed by atoms with van der Waals surface area (Å²) in [6.45, 7) is 6.60. The quantitative estimate of drug-likeness (QED) is 0.585. The van der Waals surface area contributed by atoms with Crippen LogP contribution < -0.4 is 11.5 Å². The molecule has 78 valence electrons. The van der Waals surface area contributed by atoms with Gasteiger partial charge in [-0.25, -0.2) is 0 Å². The van der Waals surface area contributed by atoms with Crippen molar-refractivity contribution < 1.29 is 4.79 Å². The Hall–Kier alpha value is -0.610. The maximum absolute atomic E-state index is 10.6. The SMILES string of the molecule is CC(C)N(CCCN)CCC(N)=O. The maximum atomic E-state index is 10.6. The monoisotopic (exact) mass is 187 g/mol. The van der Waals surface area contributed by atoms with Gasteiger partial charge in [-0.3, -0.25) is 4.79 Å². The number of amides is 1. The van der Waals surface area contributed by atoms with Gasteiger partial charge in [-0.15, -0.1) is 0 Å². The molecule has 4 N–H and O–H groups in total. The maximum Gasteiger partial charge on any atom is 0.218 e. The summed E-state index contributed by atoms with van der Waals surface area (Å²) in [5.41, 5.74) is 10.5. The number of hydrogen-bond acceptors (Lipinski definition) is 3. The zero-order valence-corrected chi connectivity index (χ0v) is 8.62. The summed E-state index contributed by atoms with van der Waals surface area (Å²) >= 11 is 0. The van der Waals surface area contributed by atoms with Crippen molar-refractivity contribution >= 4 is 5.91 Å². The lowest BCUT2D eigenvalue weighted by Crippen LogP contribution is -2.35. The summed E-state index contributed by atoms with van der Waals surface area (Å²) in [7, 11) is 0. The molecule has 0 aliphatic carbocycles. The van der Waals surface area contributed by atoms with Crippen LogP contribution in [0.1, 0.15) is 26.7 Å². The molecule has 0 radical (unpaired) electrons. The molecule has 0 atom stereocenters. The molecule has 0 unspecified atom stereocenters. The lowest BCUT2D eigenvalue weighted by atomic mass is 10.2. The van der Waals surface area contributed by atoms with Crippen molar-refractivity contribution in [3.05, 3.63) is 0 Å². The second-order valence-corrected chi connectivity index (χ2v) is 3.49. The standard InChI is InChI=1S/C9H21N3O/c1-8(2)12(6-3-5-10)7-4-9(11)13/h8H,3-7,10H2,1-2H3,(H2,11,13). The lowest BCUT2D eigenvalue weighted by Gasteiger charge is -2.25. The van der Waals surface area contributed by atoms with Gasteiger partial charge in [0.25, 0.3) is 0 Å². The molecular weight excluding hydrogens is 166 g/mol. The Morgan fingerprint density at radius 2 is 2.00 bits per heavy atom. The molecule has 0 heterocycles. The van der Waals surface area contributed by atoms with Gasteiger partial charge in [0.2, 0.25) is 5.91 Å². The van der Waals surface area contributed by atoms with E-state index in [0.717, 1.165) is 19.5 Å². The van der Waals surface area contributed by atoms with E-state index in [1.165, 1.54) is 0 Å². The Morgan fingerprint density at radius 3 is 2.38 bits per heavy atom. The molecule has 0 saturated heterocycles. The highest BCUT2D eigenvalue weighted by molar-refractivity contribution is 5.73. The lowest BCUT2D eigenvalue weighted by molar-refractivity contribution is -0.118. The average Bonchev–Trinajstić information content (AvgIpc) is 2.03. The highest BCUT2D eigenvalue weighted by Crippen LogP contribution is 2.00. The average molecular weight is 187 g/mol. The Balaban J connectivity index is 3.73. The van der Waals surface area contributed by atoms with Gasteiger partial charge < -0.3 is 16.4 Å². The van der Waals surface area contributed by atoms with Crippen LogP contribution in [0.2, 0.25) is 0 Å². The number of nitrogens with two attached hydrogens (primary N) is 2. The van der Waals surface area contributed by atoms with Crippen molar-refractivity contribution in [3.8, 4) is 0 Å². The second kappa shape index (κ2) is 6.86. The number of primary amides is 1. The van der Waals surface area contributed by atoms with E-state index in [9.17, 15) is 4.79 Å². The van der Waals surface area contributed by atoms with Crippen molar-refractivity contribution in [1.29, 1.82) is 0 Å². The summed E-state index contributed by atoms with van der Waals surface area (Å²) in [6, 6.07) is 0.450. The molecule has 13 heavy (non-hydrogen) atoms. The minimum absolute atomic E-state index is 0.238. The predicted octanol–water partition coefficient (Wildman–Crippen LogP) is -0.0790. The van der Waals surface area contributed by atoms with E-state index in [4.69, 9.17) is 11.5 Å². The molecule has 0 fully saturated rings. The van der Waals surface area contributed by atoms with Crippen LogP contribution in [0.4, 0.5) is 0 Å². The first-order valence-electron chi connectivity index (χ1n) is 4.80. The Kier molecular flexibility index (Phi) is 6.54. The molecule has 0 bridgehead atoms. The van der Waals surface area contributed by atoms with E-state index >= 15 is 0 Å². The second-order valence-electron chi connectivity index (χ2n) is 3.49. The smallest absolute Gasteiger partial charge is 0.218 e. The molecule has 0 aromatic rings. The number of carbonyl (C=O) groups excluding carboxylic acids is 1. The third-order valence-electron chi connectivity index (χ3n) is 2.03. The summed E-state index contributed by atoms with van der Waals surface area (Å²) in [6.07, 6.45) is 1.40. The fraction of sp³-hybridized carbons (Fsp3) is 0.889. The van der Waals surface area contributed by atoms with E-state index in [1.54, 1.807) is 0 Å². The van der Waals surface area contributed by atoms with Crippen LogP contribution in [-0.4, -0.2) is 36.5 Å². The highest BCUT2D eigenvalue weighted by atomic mass is 16.1. The van der Waals surface area contributed by atoms with Crippen molar-refractivity contribution in [1.82, 2.24) is 4.90 Å². The molecule has 0 spiro atoms. The van der Waals surface area contributed by atoms with Crippen molar-refractivity contribution in [2.45, 2.75) is 32.7 Å². The minimum Gasteiger partial charge on any atom is -0.370 e. The summed E-state index contributed by atoms with van der Waals surface area (Å²) < 4.78 is 0. The fourth-order valence-electron chi connectivity index (χ4n) is 1.18. The van der Waals surface area contributed by atoms with Crippen LogP contribution in [0.5, 0.6) is 0 Å². The van der Waals surface area contributed by atoms with Crippen molar-refractivity contribution in [2.24, 2.45) is 11.5 Å². The Labute approximate surface area is 80.3 Å². The number of nitrogens with zero attached hydrogens (tertiary/aromatic N) is 1. The van der Waals surface area contributed by atoms with Gasteiger partial charge in [-0.1, -0.05) is 0 Å². The van der Waals surface area contributed by atoms with Crippen LogP contribution in [0, 0.1) is 0 Å². The van der Waals surface area contributed by atoms with Crippen LogP contribution in [-0.2, 0) is 4.79 Å². The van der Waals surface area contributed by atoms with Gasteiger partial charge in [0.15, 0.2) is 0 Å². The van der Waals surface area contributed by atoms with Crippen LogP contribution in [0.3, 0.4) is 0 Å². The van der Waals surface area contributed by atoms with E-state index in [2.05, 4.69) is 18.7 Å². The van der Waals surface area contributed by atoms with Gasteiger partial charge in [0.05, 0.1) is 0 Å². The van der Waals surface area contributed by atoms with E-state index in [0.29, 0.717) is 19.0 Å². The first-order chi connectivity index (χ1) is 6.07. The molecule has 1 amide bonds. The number of hydrogen-bond donors (Lipinski definition) is 2. The summed E-state index contributed by atoms with van der Waals surface area (Å²) in [5.74, 6) is -0.238. The first-order valence-corrected chi connectivity index (χ1v) is 4.80. The largest absolute Gasteiger partial charge is 0.370 e. The van der Waals surface area contributed by atoms with Crippen molar-refractivity contribution in [2.75, 3.05) is 19.6 Å². The molecule has 0 rings (SSSR count). The van der Waals surface area contributed by atoms with Crippen LogP contribution in [0.15, 0.2) is 0 Å². The Bertz CT molecular complexity index is 148. The first kappa shape index (κ1) is 12.4. The van der Waals surface area contributed by atoms with E-state index in [1.807, 2.05) is 0 Å². The van der Waals surface area contributed by atoms with Crippen molar-refractivity contribution in [3.63, 3.8) is 0 Å². The summed E-state index contributed by atoms with van der Waals surface area (Å²) in [4.78, 5) is 12.8. The van der Waals surface area contributed by atoms with E-state index in [-0.39, 0.29) is 5.91 Å². The number of rotatable bonds is 7. The zero-order valence-electron chi connectivity index (χ0n) is 8.62. The van der Waals surface area contributed by atoms with E-state index < -0.39 is 0 Å². The molecule has 0 aliphatic rings. The van der Waals surface area contributed by atoms with Crippen LogP contribution in [0.25, 0.3) is 0 Å². The molecular formula is C9H21N3O. The normalized spacial score (nSPS) is 11.2.